The minimum atomic E-state index is -3.98. The van der Waals surface area contributed by atoms with Gasteiger partial charge in [0.15, 0.2) is 0 Å². The van der Waals surface area contributed by atoms with E-state index in [1.165, 1.54) is 19.1 Å². The first-order chi connectivity index (χ1) is 11.9. The number of nitrogens with zero attached hydrogens (tertiary/aromatic N) is 1. The van der Waals surface area contributed by atoms with Gasteiger partial charge in [-0.15, -0.1) is 0 Å². The molecule has 1 unspecified atom stereocenters. The van der Waals surface area contributed by atoms with Gasteiger partial charge in [0.1, 0.15) is 6.04 Å². The van der Waals surface area contributed by atoms with E-state index in [-0.39, 0.29) is 4.90 Å². The number of carbonyl (C=O) groups is 1. The van der Waals surface area contributed by atoms with E-state index in [1.54, 1.807) is 30.3 Å². The van der Waals surface area contributed by atoms with Gasteiger partial charge in [-0.05, 0) is 49.6 Å². The molecule has 0 saturated carbocycles. The number of carboxylic acids is 1. The lowest BCUT2D eigenvalue weighted by Gasteiger charge is -2.28. The fraction of sp³-hybridized carbons (Fsp3) is 0.316. The Bertz CT molecular complexity index is 801. The van der Waals surface area contributed by atoms with Crippen molar-refractivity contribution in [2.45, 2.75) is 44.0 Å². The Morgan fingerprint density at radius 1 is 1.08 bits per heavy atom. The number of sulfonamides is 1. The highest BCUT2D eigenvalue weighted by Crippen LogP contribution is 2.27. The van der Waals surface area contributed by atoms with Gasteiger partial charge in [-0.25, -0.2) is 13.2 Å². The van der Waals surface area contributed by atoms with Crippen LogP contribution in [-0.2, 0) is 21.2 Å². The summed E-state index contributed by atoms with van der Waals surface area (Å²) in [6.45, 7) is 3.48. The minimum Gasteiger partial charge on any atom is -0.480 e. The second-order valence-electron chi connectivity index (χ2n) is 5.90. The fourth-order valence-corrected chi connectivity index (χ4v) is 4.20. The van der Waals surface area contributed by atoms with Crippen molar-refractivity contribution in [2.24, 2.45) is 0 Å². The average molecular weight is 361 g/mol. The number of hydrogen-bond donors (Lipinski definition) is 1. The minimum absolute atomic E-state index is 0.0677. The van der Waals surface area contributed by atoms with Crippen molar-refractivity contribution in [1.29, 1.82) is 0 Å². The third-order valence-electron chi connectivity index (χ3n) is 4.02. The molecule has 5 nitrogen and oxygen atoms in total. The molecule has 0 aromatic heterocycles. The molecule has 0 aliphatic heterocycles. The van der Waals surface area contributed by atoms with E-state index in [1.807, 2.05) is 12.1 Å². The molecule has 0 aliphatic rings. The Morgan fingerprint density at radius 2 is 1.68 bits per heavy atom. The summed E-state index contributed by atoms with van der Waals surface area (Å²) in [5.74, 6) is -1.20. The fourth-order valence-electron chi connectivity index (χ4n) is 2.57. The predicted octanol–water partition coefficient (Wildman–Crippen LogP) is 3.70. The Labute approximate surface area is 149 Å². The third-order valence-corrected chi connectivity index (χ3v) is 5.93. The summed E-state index contributed by atoms with van der Waals surface area (Å²) in [6.07, 6.45) is 3.04. The molecule has 0 heterocycles. The van der Waals surface area contributed by atoms with E-state index in [4.69, 9.17) is 0 Å². The van der Waals surface area contributed by atoms with Gasteiger partial charge in [0.25, 0.3) is 10.0 Å². The van der Waals surface area contributed by atoms with E-state index in [0.29, 0.717) is 5.69 Å². The summed E-state index contributed by atoms with van der Waals surface area (Å²) >= 11 is 0. The van der Waals surface area contributed by atoms with Crippen LogP contribution >= 0.6 is 0 Å². The zero-order valence-electron chi connectivity index (χ0n) is 14.4. The van der Waals surface area contributed by atoms with Gasteiger partial charge in [-0.1, -0.05) is 43.7 Å². The second-order valence-corrected chi connectivity index (χ2v) is 7.71. The molecule has 25 heavy (non-hydrogen) atoms. The molecule has 0 radical (unpaired) electrons. The first-order valence-electron chi connectivity index (χ1n) is 8.29. The molecule has 0 bridgehead atoms. The van der Waals surface area contributed by atoms with E-state index >= 15 is 0 Å². The van der Waals surface area contributed by atoms with E-state index in [0.717, 1.165) is 29.1 Å². The zero-order valence-corrected chi connectivity index (χ0v) is 15.2. The van der Waals surface area contributed by atoms with Crippen LogP contribution in [0.25, 0.3) is 0 Å². The van der Waals surface area contributed by atoms with Crippen molar-refractivity contribution >= 4 is 21.7 Å². The standard InChI is InChI=1S/C19H23NO4S/c1-3-4-8-16-11-13-17(14-12-16)20(15(2)19(21)22)25(23,24)18-9-6-5-7-10-18/h5-7,9-15H,3-4,8H2,1-2H3,(H,21,22). The number of aryl methyl sites for hydroxylation is 1. The maximum atomic E-state index is 13.0. The summed E-state index contributed by atoms with van der Waals surface area (Å²) in [5.41, 5.74) is 1.45. The number of hydrogen-bond acceptors (Lipinski definition) is 3. The number of rotatable bonds is 8. The number of unbranched alkanes of at least 4 members (excludes halogenated alkanes) is 1. The third kappa shape index (κ3) is 4.39. The van der Waals surface area contributed by atoms with E-state index < -0.39 is 22.0 Å². The molecular weight excluding hydrogens is 338 g/mol. The molecular formula is C19H23NO4S. The average Bonchev–Trinajstić information content (AvgIpc) is 2.61. The summed E-state index contributed by atoms with van der Waals surface area (Å²) in [7, 11) is -3.98. The molecule has 0 aliphatic carbocycles. The maximum Gasteiger partial charge on any atom is 0.327 e. The van der Waals surface area contributed by atoms with Gasteiger partial charge in [0.2, 0.25) is 0 Å². The smallest absolute Gasteiger partial charge is 0.327 e. The lowest BCUT2D eigenvalue weighted by molar-refractivity contribution is -0.137. The monoisotopic (exact) mass is 361 g/mol. The van der Waals surface area contributed by atoms with Crippen molar-refractivity contribution in [3.8, 4) is 0 Å². The highest BCUT2D eigenvalue weighted by Gasteiger charge is 2.33. The Balaban J connectivity index is 2.45. The van der Waals surface area contributed by atoms with Crippen LogP contribution in [0.4, 0.5) is 5.69 Å². The molecule has 1 N–H and O–H groups in total. The lowest BCUT2D eigenvalue weighted by Crippen LogP contribution is -2.43. The van der Waals surface area contributed by atoms with Crippen molar-refractivity contribution in [3.63, 3.8) is 0 Å². The van der Waals surface area contributed by atoms with Crippen LogP contribution < -0.4 is 4.31 Å². The highest BCUT2D eigenvalue weighted by molar-refractivity contribution is 7.92. The second kappa shape index (κ2) is 8.16. The molecule has 0 saturated heterocycles. The van der Waals surface area contributed by atoms with Crippen molar-refractivity contribution in [3.05, 3.63) is 60.2 Å². The topological polar surface area (TPSA) is 74.7 Å². The van der Waals surface area contributed by atoms with Crippen LogP contribution in [0.1, 0.15) is 32.3 Å². The zero-order chi connectivity index (χ0) is 18.4. The summed E-state index contributed by atoms with van der Waals surface area (Å²) in [4.78, 5) is 11.6. The molecule has 2 rings (SSSR count). The van der Waals surface area contributed by atoms with Crippen molar-refractivity contribution in [2.75, 3.05) is 4.31 Å². The predicted molar refractivity (Wildman–Crippen MR) is 98.3 cm³/mol. The molecule has 2 aromatic rings. The van der Waals surface area contributed by atoms with Crippen LogP contribution in [0.15, 0.2) is 59.5 Å². The molecule has 1 atom stereocenters. The summed E-state index contributed by atoms with van der Waals surface area (Å²) in [5, 5.41) is 9.39. The molecule has 0 amide bonds. The molecule has 134 valence electrons. The van der Waals surface area contributed by atoms with Crippen molar-refractivity contribution in [1.82, 2.24) is 0 Å². The highest BCUT2D eigenvalue weighted by atomic mass is 32.2. The van der Waals surface area contributed by atoms with Crippen LogP contribution in [0, 0.1) is 0 Å². The Kier molecular flexibility index (Phi) is 6.20. The largest absolute Gasteiger partial charge is 0.480 e. The van der Waals surface area contributed by atoms with Crippen molar-refractivity contribution < 1.29 is 18.3 Å². The van der Waals surface area contributed by atoms with E-state index in [9.17, 15) is 18.3 Å². The van der Waals surface area contributed by atoms with Gasteiger partial charge >= 0.3 is 5.97 Å². The van der Waals surface area contributed by atoms with Gasteiger partial charge in [-0.3, -0.25) is 4.31 Å². The normalized spacial score (nSPS) is 12.6. The first-order valence-corrected chi connectivity index (χ1v) is 9.73. The molecule has 0 spiro atoms. The van der Waals surface area contributed by atoms with Gasteiger partial charge in [0.05, 0.1) is 10.6 Å². The first kappa shape index (κ1) is 19.0. The lowest BCUT2D eigenvalue weighted by atomic mass is 10.1. The Hall–Kier alpha value is -2.34. The summed E-state index contributed by atoms with van der Waals surface area (Å²) < 4.78 is 27.0. The Morgan fingerprint density at radius 3 is 2.20 bits per heavy atom. The molecule has 6 heteroatoms. The number of carboxylic acid groups (broad SMARTS) is 1. The van der Waals surface area contributed by atoms with Crippen LogP contribution in [-0.4, -0.2) is 25.5 Å². The number of aliphatic carboxylic acids is 1. The quantitative estimate of drug-likeness (QED) is 0.778. The molecule has 2 aromatic carbocycles. The van der Waals surface area contributed by atoms with Crippen LogP contribution in [0.5, 0.6) is 0 Å². The van der Waals surface area contributed by atoms with Gasteiger partial charge in [-0.2, -0.15) is 0 Å². The van der Waals surface area contributed by atoms with Crippen LogP contribution in [0.2, 0.25) is 0 Å². The molecule has 0 fully saturated rings. The maximum absolute atomic E-state index is 13.0. The van der Waals surface area contributed by atoms with Gasteiger partial charge in [0, 0.05) is 0 Å². The SMILES string of the molecule is CCCCc1ccc(N(C(C)C(=O)O)S(=O)(=O)c2ccccc2)cc1. The number of benzene rings is 2. The van der Waals surface area contributed by atoms with Gasteiger partial charge < -0.3 is 5.11 Å². The number of anilines is 1. The summed E-state index contributed by atoms with van der Waals surface area (Å²) in [6, 6.07) is 13.7. The van der Waals surface area contributed by atoms with Crippen LogP contribution in [0.3, 0.4) is 0 Å². The van der Waals surface area contributed by atoms with E-state index in [2.05, 4.69) is 6.92 Å².